The lowest BCUT2D eigenvalue weighted by atomic mass is 10.1. The highest BCUT2D eigenvalue weighted by Gasteiger charge is 2.22. The number of anilines is 1. The number of nitrogens with zero attached hydrogens (tertiary/aromatic N) is 2. The molecule has 2 N–H and O–H groups in total. The van der Waals surface area contributed by atoms with Gasteiger partial charge in [-0.05, 0) is 32.0 Å². The highest BCUT2D eigenvalue weighted by molar-refractivity contribution is 5.93. The lowest BCUT2D eigenvalue weighted by Crippen LogP contribution is -2.52. The van der Waals surface area contributed by atoms with Gasteiger partial charge >= 0.3 is 0 Å². The van der Waals surface area contributed by atoms with Gasteiger partial charge in [-0.25, -0.2) is 0 Å². The number of rotatable bonds is 5. The minimum atomic E-state index is -0.00241. The maximum Gasteiger partial charge on any atom is 0.238 e. The molecule has 1 aromatic carbocycles. The third-order valence-electron chi connectivity index (χ3n) is 4.17. The minimum absolute atomic E-state index is 0. The summed E-state index contributed by atoms with van der Waals surface area (Å²) >= 11 is 0. The first-order chi connectivity index (χ1) is 11.0. The summed E-state index contributed by atoms with van der Waals surface area (Å²) in [5.74, 6) is 0.115. The van der Waals surface area contributed by atoms with E-state index in [0.717, 1.165) is 29.9 Å². The topological polar surface area (TPSA) is 64.7 Å². The lowest BCUT2D eigenvalue weighted by Gasteiger charge is -2.34. The average Bonchev–Trinajstić information content (AvgIpc) is 2.52. The predicted molar refractivity (Wildman–Crippen MR) is 98.7 cm³/mol. The van der Waals surface area contributed by atoms with Crippen LogP contribution in [0.1, 0.15) is 11.1 Å². The molecule has 0 atom stereocenters. The maximum atomic E-state index is 12.3. The Bertz CT molecular complexity index is 551. The van der Waals surface area contributed by atoms with Gasteiger partial charge in [0.15, 0.2) is 0 Å². The minimum Gasteiger partial charge on any atom is -0.339 e. The van der Waals surface area contributed by atoms with Gasteiger partial charge in [-0.3, -0.25) is 14.5 Å². The largest absolute Gasteiger partial charge is 0.339 e. The molecule has 2 amide bonds. The van der Waals surface area contributed by atoms with Gasteiger partial charge in [0.25, 0.3) is 0 Å². The molecule has 0 bridgehead atoms. The number of amides is 2. The highest BCUT2D eigenvalue weighted by atomic mass is 35.5. The van der Waals surface area contributed by atoms with Crippen LogP contribution in [0.25, 0.3) is 0 Å². The molecule has 7 heteroatoms. The van der Waals surface area contributed by atoms with E-state index in [2.05, 4.69) is 15.5 Å². The standard InChI is InChI=1S/C17H26N4O2.ClH/c1-13-5-4-6-14(2)17(13)19-15(22)12-20-7-9-21(10-8-20)16(23)11-18-3;/h4-6,18H,7-12H2,1-3H3,(H,19,22);1H. The Hall–Kier alpha value is -1.63. The molecule has 1 aliphatic rings. The van der Waals surface area contributed by atoms with Crippen LogP contribution in [-0.4, -0.2) is 67.9 Å². The first kappa shape index (κ1) is 20.4. The second-order valence-electron chi connectivity index (χ2n) is 6.00. The molecule has 1 heterocycles. The molecule has 1 fully saturated rings. The lowest BCUT2D eigenvalue weighted by molar-refractivity contribution is -0.132. The molecule has 0 unspecified atom stereocenters. The number of carbonyl (C=O) groups is 2. The molecule has 2 rings (SSSR count). The Kier molecular flexibility index (Phi) is 8.18. The van der Waals surface area contributed by atoms with Crippen LogP contribution in [0.5, 0.6) is 0 Å². The van der Waals surface area contributed by atoms with E-state index in [1.807, 2.05) is 36.9 Å². The summed E-state index contributed by atoms with van der Waals surface area (Å²) in [6, 6.07) is 5.98. The van der Waals surface area contributed by atoms with Crippen LogP contribution >= 0.6 is 12.4 Å². The van der Waals surface area contributed by atoms with Crippen LogP contribution in [-0.2, 0) is 9.59 Å². The monoisotopic (exact) mass is 354 g/mol. The van der Waals surface area contributed by atoms with Crippen molar-refractivity contribution in [2.45, 2.75) is 13.8 Å². The fraction of sp³-hybridized carbons (Fsp3) is 0.529. The Labute approximate surface area is 150 Å². The molecule has 134 valence electrons. The summed E-state index contributed by atoms with van der Waals surface area (Å²) < 4.78 is 0. The van der Waals surface area contributed by atoms with Crippen LogP contribution in [0.2, 0.25) is 0 Å². The number of likely N-dealkylation sites (N-methyl/N-ethyl adjacent to an activating group) is 1. The third kappa shape index (κ3) is 5.47. The van der Waals surface area contributed by atoms with Gasteiger partial charge in [0.05, 0.1) is 13.1 Å². The summed E-state index contributed by atoms with van der Waals surface area (Å²) in [5.41, 5.74) is 3.04. The second kappa shape index (κ2) is 9.61. The third-order valence-corrected chi connectivity index (χ3v) is 4.17. The van der Waals surface area contributed by atoms with Crippen molar-refractivity contribution in [3.05, 3.63) is 29.3 Å². The van der Waals surface area contributed by atoms with E-state index in [0.29, 0.717) is 26.2 Å². The normalized spacial score (nSPS) is 14.9. The van der Waals surface area contributed by atoms with Crippen molar-refractivity contribution < 1.29 is 9.59 Å². The second-order valence-corrected chi connectivity index (χ2v) is 6.00. The van der Waals surface area contributed by atoms with Crippen molar-refractivity contribution >= 4 is 29.9 Å². The Morgan fingerprint density at radius 2 is 1.67 bits per heavy atom. The van der Waals surface area contributed by atoms with Gasteiger partial charge in [0, 0.05) is 31.9 Å². The van der Waals surface area contributed by atoms with Gasteiger partial charge in [-0.2, -0.15) is 0 Å². The number of halogens is 1. The number of nitrogens with one attached hydrogen (secondary N) is 2. The fourth-order valence-electron chi connectivity index (χ4n) is 2.81. The molecule has 1 aromatic rings. The van der Waals surface area contributed by atoms with Crippen LogP contribution in [0.4, 0.5) is 5.69 Å². The van der Waals surface area contributed by atoms with E-state index in [4.69, 9.17) is 0 Å². The maximum absolute atomic E-state index is 12.3. The van der Waals surface area contributed by atoms with Crippen molar-refractivity contribution in [2.24, 2.45) is 0 Å². The van der Waals surface area contributed by atoms with E-state index in [1.165, 1.54) is 0 Å². The van der Waals surface area contributed by atoms with Crippen LogP contribution in [0.15, 0.2) is 18.2 Å². The Morgan fingerprint density at radius 1 is 1.08 bits per heavy atom. The zero-order valence-corrected chi connectivity index (χ0v) is 15.4. The molecule has 0 aliphatic carbocycles. The number of para-hydroxylation sites is 1. The molecular formula is C17H27ClN4O2. The summed E-state index contributed by atoms with van der Waals surface area (Å²) in [6.45, 7) is 7.54. The molecular weight excluding hydrogens is 328 g/mol. The summed E-state index contributed by atoms with van der Waals surface area (Å²) in [4.78, 5) is 28.0. The van der Waals surface area contributed by atoms with Gasteiger partial charge in [0.2, 0.25) is 11.8 Å². The number of carbonyl (C=O) groups excluding carboxylic acids is 2. The fourth-order valence-corrected chi connectivity index (χ4v) is 2.81. The van der Waals surface area contributed by atoms with Gasteiger partial charge in [-0.1, -0.05) is 18.2 Å². The summed E-state index contributed by atoms with van der Waals surface area (Å²) in [6.07, 6.45) is 0. The summed E-state index contributed by atoms with van der Waals surface area (Å²) in [7, 11) is 1.77. The summed E-state index contributed by atoms with van der Waals surface area (Å²) in [5, 5.41) is 5.89. The van der Waals surface area contributed by atoms with Crippen molar-refractivity contribution in [2.75, 3.05) is 51.6 Å². The van der Waals surface area contributed by atoms with E-state index in [9.17, 15) is 9.59 Å². The van der Waals surface area contributed by atoms with Crippen LogP contribution in [0, 0.1) is 13.8 Å². The molecule has 0 spiro atoms. The zero-order chi connectivity index (χ0) is 16.8. The van der Waals surface area contributed by atoms with Crippen molar-refractivity contribution in [1.82, 2.24) is 15.1 Å². The number of aryl methyl sites for hydroxylation is 2. The van der Waals surface area contributed by atoms with Gasteiger partial charge in [-0.15, -0.1) is 12.4 Å². The molecule has 0 aromatic heterocycles. The quantitative estimate of drug-likeness (QED) is 0.829. The van der Waals surface area contributed by atoms with Crippen molar-refractivity contribution in [3.63, 3.8) is 0 Å². The molecule has 0 radical (unpaired) electrons. The SMILES string of the molecule is CNCC(=O)N1CCN(CC(=O)Nc2c(C)cccc2C)CC1.Cl. The first-order valence-electron chi connectivity index (χ1n) is 8.02. The molecule has 0 saturated carbocycles. The van der Waals surface area contributed by atoms with E-state index >= 15 is 0 Å². The number of benzene rings is 1. The van der Waals surface area contributed by atoms with Crippen LogP contribution < -0.4 is 10.6 Å². The van der Waals surface area contributed by atoms with Crippen molar-refractivity contribution in [3.8, 4) is 0 Å². The van der Waals surface area contributed by atoms with Gasteiger partial charge < -0.3 is 15.5 Å². The van der Waals surface area contributed by atoms with Crippen LogP contribution in [0.3, 0.4) is 0 Å². The predicted octanol–water partition coefficient (Wildman–Crippen LogP) is 1.03. The van der Waals surface area contributed by atoms with Gasteiger partial charge in [0.1, 0.15) is 0 Å². The Morgan fingerprint density at radius 3 is 2.21 bits per heavy atom. The molecule has 1 aliphatic heterocycles. The number of hydrogen-bond donors (Lipinski definition) is 2. The van der Waals surface area contributed by atoms with E-state index < -0.39 is 0 Å². The Balaban J connectivity index is 0.00000288. The van der Waals surface area contributed by atoms with E-state index in [-0.39, 0.29) is 24.2 Å². The number of piperazine rings is 1. The first-order valence-corrected chi connectivity index (χ1v) is 8.02. The smallest absolute Gasteiger partial charge is 0.238 e. The van der Waals surface area contributed by atoms with E-state index in [1.54, 1.807) is 7.05 Å². The highest BCUT2D eigenvalue weighted by Crippen LogP contribution is 2.19. The zero-order valence-electron chi connectivity index (χ0n) is 14.6. The molecule has 6 nitrogen and oxygen atoms in total. The average molecular weight is 355 g/mol. The molecule has 24 heavy (non-hydrogen) atoms. The van der Waals surface area contributed by atoms with Crippen molar-refractivity contribution in [1.29, 1.82) is 0 Å². The number of hydrogen-bond acceptors (Lipinski definition) is 4. The molecule has 1 saturated heterocycles.